The normalized spacial score (nSPS) is 10.9. The standard InChI is InChI=1S/C13H11N3O3S/c14-7-10-1-3-11(4-2-10)8-16-20(18,19)13-9-15-6-5-12(13)17/h1-6,9,16H,8H2,(H,15,17). The minimum absolute atomic E-state index is 0.0440. The molecular weight excluding hydrogens is 278 g/mol. The molecule has 0 amide bonds. The second-order valence-corrected chi connectivity index (χ2v) is 5.74. The van der Waals surface area contributed by atoms with Crippen molar-refractivity contribution in [3.63, 3.8) is 0 Å². The van der Waals surface area contributed by atoms with Crippen molar-refractivity contribution < 1.29 is 8.42 Å². The van der Waals surface area contributed by atoms with E-state index in [0.717, 1.165) is 12.3 Å². The highest BCUT2D eigenvalue weighted by molar-refractivity contribution is 7.89. The van der Waals surface area contributed by atoms with Crippen LogP contribution in [0.15, 0.2) is 52.4 Å². The van der Waals surface area contributed by atoms with E-state index in [1.807, 2.05) is 6.07 Å². The number of rotatable bonds is 4. The number of benzene rings is 1. The predicted octanol–water partition coefficient (Wildman–Crippen LogP) is 0.725. The zero-order valence-corrected chi connectivity index (χ0v) is 11.1. The summed E-state index contributed by atoms with van der Waals surface area (Å²) in [4.78, 5) is 13.7. The van der Waals surface area contributed by atoms with Gasteiger partial charge in [0.15, 0.2) is 0 Å². The Kier molecular flexibility index (Phi) is 3.98. The monoisotopic (exact) mass is 289 g/mol. The highest BCUT2D eigenvalue weighted by atomic mass is 32.2. The minimum atomic E-state index is -3.86. The summed E-state index contributed by atoms with van der Waals surface area (Å²) in [5.41, 5.74) is 0.618. The van der Waals surface area contributed by atoms with E-state index in [2.05, 4.69) is 9.71 Å². The topological polar surface area (TPSA) is 103 Å². The molecule has 0 aliphatic carbocycles. The van der Waals surface area contributed by atoms with Gasteiger partial charge in [-0.2, -0.15) is 5.26 Å². The SMILES string of the molecule is N#Cc1ccc(CNS(=O)(=O)c2c[nH]ccc2=O)cc1. The third kappa shape index (κ3) is 3.12. The summed E-state index contributed by atoms with van der Waals surface area (Å²) < 4.78 is 26.3. The fourth-order valence-electron chi connectivity index (χ4n) is 1.56. The highest BCUT2D eigenvalue weighted by Gasteiger charge is 2.16. The molecule has 0 saturated heterocycles. The van der Waals surface area contributed by atoms with Gasteiger partial charge >= 0.3 is 0 Å². The van der Waals surface area contributed by atoms with Gasteiger partial charge in [0.05, 0.1) is 11.6 Å². The van der Waals surface area contributed by atoms with Crippen LogP contribution in [0.4, 0.5) is 0 Å². The Morgan fingerprint density at radius 1 is 1.20 bits per heavy atom. The summed E-state index contributed by atoms with van der Waals surface area (Å²) in [6.07, 6.45) is 2.51. The van der Waals surface area contributed by atoms with Gasteiger partial charge in [-0.05, 0) is 17.7 Å². The van der Waals surface area contributed by atoms with Crippen molar-refractivity contribution in [1.82, 2.24) is 9.71 Å². The van der Waals surface area contributed by atoms with E-state index in [9.17, 15) is 13.2 Å². The van der Waals surface area contributed by atoms with Gasteiger partial charge in [-0.25, -0.2) is 13.1 Å². The van der Waals surface area contributed by atoms with Crippen molar-refractivity contribution in [3.8, 4) is 6.07 Å². The van der Waals surface area contributed by atoms with Crippen LogP contribution in [-0.2, 0) is 16.6 Å². The maximum Gasteiger partial charge on any atom is 0.246 e. The van der Waals surface area contributed by atoms with Gasteiger partial charge in [0.25, 0.3) is 0 Å². The highest BCUT2D eigenvalue weighted by Crippen LogP contribution is 2.05. The van der Waals surface area contributed by atoms with E-state index in [1.165, 1.54) is 6.20 Å². The quantitative estimate of drug-likeness (QED) is 0.865. The molecule has 2 aromatic rings. The van der Waals surface area contributed by atoms with Crippen molar-refractivity contribution in [2.45, 2.75) is 11.4 Å². The van der Waals surface area contributed by atoms with Crippen LogP contribution in [0.1, 0.15) is 11.1 Å². The number of aromatic nitrogens is 1. The lowest BCUT2D eigenvalue weighted by Gasteiger charge is -2.06. The fourth-order valence-corrected chi connectivity index (χ4v) is 2.63. The Balaban J connectivity index is 2.16. The summed E-state index contributed by atoms with van der Waals surface area (Å²) in [5.74, 6) is 0. The lowest BCUT2D eigenvalue weighted by molar-refractivity contribution is 0.580. The van der Waals surface area contributed by atoms with E-state index < -0.39 is 15.5 Å². The van der Waals surface area contributed by atoms with Crippen LogP contribution in [0.2, 0.25) is 0 Å². The lowest BCUT2D eigenvalue weighted by Crippen LogP contribution is -2.27. The summed E-state index contributed by atoms with van der Waals surface area (Å²) in [6.45, 7) is 0.0440. The second-order valence-electron chi connectivity index (χ2n) is 4.01. The van der Waals surface area contributed by atoms with E-state index in [-0.39, 0.29) is 11.4 Å². The van der Waals surface area contributed by atoms with Crippen LogP contribution in [0, 0.1) is 11.3 Å². The first-order valence-electron chi connectivity index (χ1n) is 5.69. The molecule has 102 valence electrons. The van der Waals surface area contributed by atoms with Crippen molar-refractivity contribution in [3.05, 3.63) is 64.1 Å². The summed E-state index contributed by atoms with van der Waals surface area (Å²) in [5, 5.41) is 8.67. The maximum absolute atomic E-state index is 12.0. The number of H-pyrrole nitrogens is 1. The molecule has 1 heterocycles. The van der Waals surface area contributed by atoms with Crippen LogP contribution >= 0.6 is 0 Å². The largest absolute Gasteiger partial charge is 0.366 e. The van der Waals surface area contributed by atoms with Gasteiger partial charge < -0.3 is 4.98 Å². The predicted molar refractivity (Wildman–Crippen MR) is 72.2 cm³/mol. The average molecular weight is 289 g/mol. The Bertz CT molecular complexity index is 802. The lowest BCUT2D eigenvalue weighted by atomic mass is 10.1. The molecule has 0 atom stereocenters. The summed E-state index contributed by atoms with van der Waals surface area (Å²) in [7, 11) is -3.86. The molecule has 7 heteroatoms. The summed E-state index contributed by atoms with van der Waals surface area (Å²) >= 11 is 0. The average Bonchev–Trinajstić information content (AvgIpc) is 2.46. The van der Waals surface area contributed by atoms with Gasteiger partial charge in [-0.1, -0.05) is 12.1 Å². The van der Waals surface area contributed by atoms with Gasteiger partial charge in [0.1, 0.15) is 4.90 Å². The van der Waals surface area contributed by atoms with Crippen LogP contribution in [-0.4, -0.2) is 13.4 Å². The minimum Gasteiger partial charge on any atom is -0.366 e. The molecule has 0 aliphatic heterocycles. The fraction of sp³-hybridized carbons (Fsp3) is 0.0769. The van der Waals surface area contributed by atoms with Crippen molar-refractivity contribution in [2.75, 3.05) is 0 Å². The van der Waals surface area contributed by atoms with Crippen LogP contribution in [0.3, 0.4) is 0 Å². The molecular formula is C13H11N3O3S. The Hall–Kier alpha value is -2.43. The Morgan fingerprint density at radius 2 is 1.90 bits per heavy atom. The smallest absolute Gasteiger partial charge is 0.246 e. The third-order valence-corrected chi connectivity index (χ3v) is 4.05. The van der Waals surface area contributed by atoms with Crippen molar-refractivity contribution in [2.24, 2.45) is 0 Å². The molecule has 1 aromatic heterocycles. The number of aromatic amines is 1. The van der Waals surface area contributed by atoms with Gasteiger partial charge in [0.2, 0.25) is 15.5 Å². The molecule has 0 fully saturated rings. The van der Waals surface area contributed by atoms with Crippen LogP contribution in [0.5, 0.6) is 0 Å². The molecule has 0 aliphatic rings. The number of hydrogen-bond donors (Lipinski definition) is 2. The number of sulfonamides is 1. The summed E-state index contributed by atoms with van der Waals surface area (Å²) in [6, 6.07) is 9.62. The second kappa shape index (κ2) is 5.69. The first-order chi connectivity index (χ1) is 9.53. The molecule has 0 radical (unpaired) electrons. The van der Waals surface area contributed by atoms with E-state index in [4.69, 9.17) is 5.26 Å². The third-order valence-electron chi connectivity index (χ3n) is 2.63. The Labute approximate surface area is 115 Å². The van der Waals surface area contributed by atoms with E-state index in [0.29, 0.717) is 11.1 Å². The number of nitrogens with one attached hydrogen (secondary N) is 2. The molecule has 20 heavy (non-hydrogen) atoms. The molecule has 0 unspecified atom stereocenters. The Morgan fingerprint density at radius 3 is 2.50 bits per heavy atom. The molecule has 2 rings (SSSR count). The number of pyridine rings is 1. The molecule has 0 saturated carbocycles. The molecule has 0 spiro atoms. The van der Waals surface area contributed by atoms with Gasteiger partial charge in [-0.15, -0.1) is 0 Å². The first kappa shape index (κ1) is 14.0. The van der Waals surface area contributed by atoms with Crippen molar-refractivity contribution >= 4 is 10.0 Å². The molecule has 6 nitrogen and oxygen atoms in total. The maximum atomic E-state index is 12.0. The van der Waals surface area contributed by atoms with Crippen LogP contribution in [0.25, 0.3) is 0 Å². The first-order valence-corrected chi connectivity index (χ1v) is 7.17. The van der Waals surface area contributed by atoms with E-state index >= 15 is 0 Å². The van der Waals surface area contributed by atoms with Gasteiger partial charge in [-0.3, -0.25) is 4.79 Å². The zero-order chi connectivity index (χ0) is 14.6. The number of hydrogen-bond acceptors (Lipinski definition) is 4. The molecule has 0 bridgehead atoms. The zero-order valence-electron chi connectivity index (χ0n) is 10.3. The molecule has 2 N–H and O–H groups in total. The molecule has 1 aromatic carbocycles. The van der Waals surface area contributed by atoms with Crippen LogP contribution < -0.4 is 10.2 Å². The number of nitrogens with zero attached hydrogens (tertiary/aromatic N) is 1. The van der Waals surface area contributed by atoms with Gasteiger partial charge in [0, 0.05) is 25.0 Å². The number of nitriles is 1. The van der Waals surface area contributed by atoms with E-state index in [1.54, 1.807) is 24.3 Å². The van der Waals surface area contributed by atoms with Crippen molar-refractivity contribution in [1.29, 1.82) is 5.26 Å².